The van der Waals surface area contributed by atoms with Crippen LogP contribution in [-0.4, -0.2) is 11.8 Å². The number of rotatable bonds is 5. The maximum atomic E-state index is 12.0. The summed E-state index contributed by atoms with van der Waals surface area (Å²) >= 11 is 0. The van der Waals surface area contributed by atoms with Gasteiger partial charge < -0.3 is 5.73 Å². The van der Waals surface area contributed by atoms with Crippen LogP contribution in [0.2, 0.25) is 0 Å². The molecule has 0 fully saturated rings. The Kier molecular flexibility index (Phi) is 4.32. The van der Waals surface area contributed by atoms with E-state index in [0.717, 1.165) is 12.8 Å². The summed E-state index contributed by atoms with van der Waals surface area (Å²) in [5.41, 5.74) is 8.60. The van der Waals surface area contributed by atoms with E-state index in [4.69, 9.17) is 5.73 Å². The van der Waals surface area contributed by atoms with Gasteiger partial charge in [-0.3, -0.25) is 4.79 Å². The highest BCUT2D eigenvalue weighted by molar-refractivity contribution is 5.84. The van der Waals surface area contributed by atoms with E-state index in [2.05, 4.69) is 30.8 Å². The van der Waals surface area contributed by atoms with Crippen LogP contribution in [0, 0.1) is 0 Å². The molecule has 1 aromatic carbocycles. The van der Waals surface area contributed by atoms with Gasteiger partial charge in [0.2, 0.25) is 0 Å². The zero-order valence-corrected chi connectivity index (χ0v) is 10.8. The minimum atomic E-state index is -0.378. The van der Waals surface area contributed by atoms with Crippen molar-refractivity contribution in [2.24, 2.45) is 5.73 Å². The molecule has 0 bridgehead atoms. The monoisotopic (exact) mass is 243 g/mol. The summed E-state index contributed by atoms with van der Waals surface area (Å²) in [4.78, 5) is 12.0. The molecule has 18 heavy (non-hydrogen) atoms. The lowest BCUT2D eigenvalue weighted by atomic mass is 9.79. The summed E-state index contributed by atoms with van der Waals surface area (Å²) in [7, 11) is 0. The molecule has 2 nitrogen and oxygen atoms in total. The van der Waals surface area contributed by atoms with Crippen molar-refractivity contribution in [2.75, 3.05) is 0 Å². The Morgan fingerprint density at radius 3 is 3.06 bits per heavy atom. The Labute approximate surface area is 109 Å². The third-order valence-corrected chi connectivity index (χ3v) is 3.78. The smallest absolute Gasteiger partial charge is 0.150 e. The number of Topliss-reactive ketones (excluding diaryl/α,β-unsaturated/α-hetero) is 1. The number of carbonyl (C=O) groups excluding carboxylic acids is 1. The first-order valence-corrected chi connectivity index (χ1v) is 6.69. The number of hydrogen-bond acceptors (Lipinski definition) is 2. The topological polar surface area (TPSA) is 43.1 Å². The van der Waals surface area contributed by atoms with E-state index in [1.165, 1.54) is 17.5 Å². The number of nitrogens with two attached hydrogens (primary N) is 1. The Balaban J connectivity index is 2.07. The van der Waals surface area contributed by atoms with E-state index in [1.54, 1.807) is 6.08 Å². The van der Waals surface area contributed by atoms with Crippen molar-refractivity contribution >= 4 is 5.78 Å². The second-order valence-corrected chi connectivity index (χ2v) is 5.09. The van der Waals surface area contributed by atoms with Gasteiger partial charge in [0.15, 0.2) is 0 Å². The van der Waals surface area contributed by atoms with E-state index in [1.807, 2.05) is 0 Å². The fraction of sp³-hybridized carbons (Fsp3) is 0.438. The van der Waals surface area contributed by atoms with Crippen LogP contribution in [-0.2, 0) is 11.2 Å². The van der Waals surface area contributed by atoms with Crippen molar-refractivity contribution in [3.05, 3.63) is 48.0 Å². The van der Waals surface area contributed by atoms with Gasteiger partial charge in [-0.05, 0) is 42.7 Å². The summed E-state index contributed by atoms with van der Waals surface area (Å²) in [5, 5.41) is 0. The zero-order valence-electron chi connectivity index (χ0n) is 10.8. The minimum Gasteiger partial charge on any atom is -0.321 e. The molecule has 0 aromatic heterocycles. The molecule has 2 heteroatoms. The van der Waals surface area contributed by atoms with Gasteiger partial charge in [-0.1, -0.05) is 30.3 Å². The first kappa shape index (κ1) is 13.0. The van der Waals surface area contributed by atoms with Gasteiger partial charge in [0.25, 0.3) is 0 Å². The van der Waals surface area contributed by atoms with Crippen LogP contribution in [0.4, 0.5) is 0 Å². The average molecular weight is 243 g/mol. The lowest BCUT2D eigenvalue weighted by molar-refractivity contribution is -0.120. The van der Waals surface area contributed by atoms with Crippen LogP contribution in [0.15, 0.2) is 36.9 Å². The van der Waals surface area contributed by atoms with E-state index in [9.17, 15) is 4.79 Å². The summed E-state index contributed by atoms with van der Waals surface area (Å²) in [5.74, 6) is 0.523. The summed E-state index contributed by atoms with van der Waals surface area (Å²) < 4.78 is 0. The standard InChI is InChI=1S/C16H21NO/c1-2-6-15(17)16(18)11-13-9-5-8-12-7-3-4-10-14(12)13/h2-4,7,10,13,15H,1,5-6,8-9,11,17H2. The molecule has 1 aromatic rings. The molecule has 2 N–H and O–H groups in total. The van der Waals surface area contributed by atoms with Gasteiger partial charge in [-0.25, -0.2) is 0 Å². The number of fused-ring (bicyclic) bond motifs is 1. The lowest BCUT2D eigenvalue weighted by Gasteiger charge is -2.25. The highest BCUT2D eigenvalue weighted by Crippen LogP contribution is 2.34. The van der Waals surface area contributed by atoms with Gasteiger partial charge in [0, 0.05) is 6.42 Å². The Bertz CT molecular complexity index is 438. The third-order valence-electron chi connectivity index (χ3n) is 3.78. The number of benzene rings is 1. The SMILES string of the molecule is C=CCC(N)C(=O)CC1CCCc2ccccc21. The molecule has 0 saturated carbocycles. The molecule has 0 radical (unpaired) electrons. The van der Waals surface area contributed by atoms with E-state index in [0.29, 0.717) is 18.8 Å². The molecule has 0 aliphatic heterocycles. The van der Waals surface area contributed by atoms with E-state index < -0.39 is 0 Å². The molecule has 0 saturated heterocycles. The van der Waals surface area contributed by atoms with Crippen LogP contribution in [0.25, 0.3) is 0 Å². The predicted molar refractivity (Wildman–Crippen MR) is 74.5 cm³/mol. The number of hydrogen-bond donors (Lipinski definition) is 1. The van der Waals surface area contributed by atoms with Gasteiger partial charge in [-0.15, -0.1) is 6.58 Å². The van der Waals surface area contributed by atoms with E-state index >= 15 is 0 Å². The maximum Gasteiger partial charge on any atom is 0.150 e. The molecule has 1 aliphatic rings. The average Bonchev–Trinajstić information content (AvgIpc) is 2.39. The van der Waals surface area contributed by atoms with Crippen molar-refractivity contribution in [3.63, 3.8) is 0 Å². The summed E-state index contributed by atoms with van der Waals surface area (Å²) in [6, 6.07) is 8.09. The molecule has 96 valence electrons. The first-order valence-electron chi connectivity index (χ1n) is 6.69. The van der Waals surface area contributed by atoms with Gasteiger partial charge in [0.05, 0.1) is 6.04 Å². The van der Waals surface area contributed by atoms with Crippen LogP contribution >= 0.6 is 0 Å². The molecule has 0 spiro atoms. The third kappa shape index (κ3) is 2.88. The van der Waals surface area contributed by atoms with Gasteiger partial charge in [0.1, 0.15) is 5.78 Å². The van der Waals surface area contributed by atoms with Crippen LogP contribution in [0.5, 0.6) is 0 Å². The molecular weight excluding hydrogens is 222 g/mol. The lowest BCUT2D eigenvalue weighted by Crippen LogP contribution is -2.31. The maximum absolute atomic E-state index is 12.0. The largest absolute Gasteiger partial charge is 0.321 e. The Hall–Kier alpha value is -1.41. The molecule has 2 unspecified atom stereocenters. The fourth-order valence-electron chi connectivity index (χ4n) is 2.77. The summed E-state index contributed by atoms with van der Waals surface area (Å²) in [6.45, 7) is 3.63. The van der Waals surface area contributed by atoms with Crippen LogP contribution < -0.4 is 5.73 Å². The van der Waals surface area contributed by atoms with Crippen LogP contribution in [0.1, 0.15) is 42.7 Å². The fourth-order valence-corrected chi connectivity index (χ4v) is 2.77. The Morgan fingerprint density at radius 2 is 2.28 bits per heavy atom. The summed E-state index contributed by atoms with van der Waals surface area (Å²) in [6.07, 6.45) is 6.28. The second kappa shape index (κ2) is 5.96. The first-order chi connectivity index (χ1) is 8.72. The normalized spacial score (nSPS) is 19.9. The number of aryl methyl sites for hydroxylation is 1. The van der Waals surface area contributed by atoms with Crippen molar-refractivity contribution in [1.82, 2.24) is 0 Å². The van der Waals surface area contributed by atoms with Gasteiger partial charge >= 0.3 is 0 Å². The zero-order chi connectivity index (χ0) is 13.0. The van der Waals surface area contributed by atoms with Crippen molar-refractivity contribution in [2.45, 2.75) is 44.1 Å². The number of carbonyl (C=O) groups is 1. The highest BCUT2D eigenvalue weighted by Gasteiger charge is 2.24. The van der Waals surface area contributed by atoms with Crippen molar-refractivity contribution in [3.8, 4) is 0 Å². The molecule has 2 rings (SSSR count). The highest BCUT2D eigenvalue weighted by atomic mass is 16.1. The van der Waals surface area contributed by atoms with Crippen molar-refractivity contribution in [1.29, 1.82) is 0 Å². The van der Waals surface area contributed by atoms with Crippen LogP contribution in [0.3, 0.4) is 0 Å². The molecule has 0 heterocycles. The number of ketones is 1. The molecular formula is C16H21NO. The minimum absolute atomic E-state index is 0.164. The second-order valence-electron chi connectivity index (χ2n) is 5.09. The molecule has 0 amide bonds. The Morgan fingerprint density at radius 1 is 1.50 bits per heavy atom. The quantitative estimate of drug-likeness (QED) is 0.808. The van der Waals surface area contributed by atoms with Crippen molar-refractivity contribution < 1.29 is 4.79 Å². The predicted octanol–water partition coefficient (Wildman–Crippen LogP) is 2.97. The van der Waals surface area contributed by atoms with E-state index in [-0.39, 0.29) is 11.8 Å². The molecule has 1 aliphatic carbocycles. The molecule has 2 atom stereocenters. The van der Waals surface area contributed by atoms with Gasteiger partial charge in [-0.2, -0.15) is 0 Å².